The second kappa shape index (κ2) is 6.97. The quantitative estimate of drug-likeness (QED) is 0.629. The number of amides is 2. The Morgan fingerprint density at radius 3 is 3.20 bits per heavy atom. The summed E-state index contributed by atoms with van der Waals surface area (Å²) in [4.78, 5) is 15.2. The van der Waals surface area contributed by atoms with Gasteiger partial charge in [0.15, 0.2) is 0 Å². The lowest BCUT2D eigenvalue weighted by Gasteiger charge is -2.09. The molecule has 0 aliphatic carbocycles. The van der Waals surface area contributed by atoms with Crippen molar-refractivity contribution < 1.29 is 4.79 Å². The molecule has 0 atom stereocenters. The van der Waals surface area contributed by atoms with Crippen molar-refractivity contribution in [3.63, 3.8) is 0 Å². The Morgan fingerprint density at radius 2 is 2.60 bits per heavy atom. The molecule has 1 N–H and O–H groups in total. The first-order valence-electron chi connectivity index (χ1n) is 4.36. The van der Waals surface area contributed by atoms with Gasteiger partial charge in [-0.25, -0.2) is 9.78 Å². The molecule has 1 aromatic rings. The van der Waals surface area contributed by atoms with E-state index in [-0.39, 0.29) is 6.03 Å². The van der Waals surface area contributed by atoms with Gasteiger partial charge in [0.2, 0.25) is 0 Å². The van der Waals surface area contributed by atoms with Gasteiger partial charge in [0.05, 0.1) is 0 Å². The Morgan fingerprint density at radius 1 is 1.80 bits per heavy atom. The molecule has 0 aliphatic rings. The first kappa shape index (κ1) is 12.7. The fourth-order valence-corrected chi connectivity index (χ4v) is 2.46. The molecular formula is C8H13N3OS3. The predicted molar refractivity (Wildman–Crippen MR) is 68.4 cm³/mol. The van der Waals surface area contributed by atoms with Crippen molar-refractivity contribution in [2.45, 2.75) is 5.75 Å². The summed E-state index contributed by atoms with van der Waals surface area (Å²) in [5.74, 6) is 1.79. The van der Waals surface area contributed by atoms with E-state index in [0.29, 0.717) is 6.54 Å². The summed E-state index contributed by atoms with van der Waals surface area (Å²) in [6.07, 6.45) is 1.80. The van der Waals surface area contributed by atoms with Crippen molar-refractivity contribution in [1.29, 1.82) is 0 Å². The third-order valence-corrected chi connectivity index (χ3v) is 3.64. The van der Waals surface area contributed by atoms with Crippen LogP contribution in [0.2, 0.25) is 0 Å². The van der Waals surface area contributed by atoms with E-state index in [1.54, 1.807) is 36.3 Å². The van der Waals surface area contributed by atoms with E-state index < -0.39 is 0 Å². The smallest absolute Gasteiger partial charge is 0.326 e. The average molecular weight is 263 g/mol. The monoisotopic (exact) mass is 263 g/mol. The molecule has 0 aliphatic heterocycles. The molecule has 2 amide bonds. The van der Waals surface area contributed by atoms with Crippen molar-refractivity contribution in [1.82, 2.24) is 14.6 Å². The van der Waals surface area contributed by atoms with E-state index in [9.17, 15) is 4.79 Å². The maximum absolute atomic E-state index is 11.1. The largest absolute Gasteiger partial charge is 0.336 e. The van der Waals surface area contributed by atoms with Crippen molar-refractivity contribution in [2.75, 3.05) is 19.3 Å². The van der Waals surface area contributed by atoms with Crippen molar-refractivity contribution in [3.8, 4) is 0 Å². The van der Waals surface area contributed by atoms with E-state index in [2.05, 4.69) is 23.1 Å². The summed E-state index contributed by atoms with van der Waals surface area (Å²) in [7, 11) is 1.60. The minimum absolute atomic E-state index is 0.173. The van der Waals surface area contributed by atoms with Crippen LogP contribution in [0, 0.1) is 0 Å². The van der Waals surface area contributed by atoms with Crippen LogP contribution in [-0.2, 0) is 5.75 Å². The van der Waals surface area contributed by atoms with Crippen LogP contribution >= 0.6 is 35.9 Å². The topological polar surface area (TPSA) is 45.2 Å². The molecule has 84 valence electrons. The van der Waals surface area contributed by atoms with Crippen LogP contribution in [0.4, 0.5) is 4.79 Å². The lowest BCUT2D eigenvalue weighted by Crippen LogP contribution is -2.32. The molecule has 0 saturated carbocycles. The Labute approximate surface area is 103 Å². The average Bonchev–Trinajstić information content (AvgIpc) is 2.69. The van der Waals surface area contributed by atoms with Crippen LogP contribution in [-0.4, -0.2) is 34.7 Å². The zero-order chi connectivity index (χ0) is 11.1. The number of rotatable bonds is 5. The van der Waals surface area contributed by atoms with Crippen molar-refractivity contribution in [3.05, 3.63) is 16.6 Å². The lowest BCUT2D eigenvalue weighted by molar-refractivity contribution is 0.231. The molecule has 15 heavy (non-hydrogen) atoms. The molecular weight excluding hydrogens is 250 g/mol. The maximum Gasteiger partial charge on any atom is 0.326 e. The third kappa shape index (κ3) is 5.29. The zero-order valence-corrected chi connectivity index (χ0v) is 10.9. The van der Waals surface area contributed by atoms with Crippen molar-refractivity contribution in [2.24, 2.45) is 0 Å². The number of thioether (sulfide) groups is 1. The van der Waals surface area contributed by atoms with Gasteiger partial charge in [-0.05, 0) is 0 Å². The molecule has 0 unspecified atom stereocenters. The van der Waals surface area contributed by atoms with E-state index in [0.717, 1.165) is 16.5 Å². The number of aromatic nitrogens is 1. The number of thiol groups is 1. The number of carbonyl (C=O) groups excluding carboxylic acids is 1. The Kier molecular flexibility index (Phi) is 5.89. The third-order valence-electron chi connectivity index (χ3n) is 1.53. The second-order valence-electron chi connectivity index (χ2n) is 2.73. The van der Waals surface area contributed by atoms with Gasteiger partial charge in [-0.1, -0.05) is 12.8 Å². The standard InChI is InChI=1S/C8H13N3OS3/c1-11(13)8(12)10-2-4-14-6-7-9-3-5-15-7/h3,5,13H,2,4,6H2,1H3,(H,10,12). The number of nitrogens with one attached hydrogen (secondary N) is 1. The summed E-state index contributed by atoms with van der Waals surface area (Å²) < 4.78 is 1.23. The van der Waals surface area contributed by atoms with Gasteiger partial charge in [-0.3, -0.25) is 4.31 Å². The highest BCUT2D eigenvalue weighted by molar-refractivity contribution is 7.98. The van der Waals surface area contributed by atoms with Gasteiger partial charge < -0.3 is 5.32 Å². The van der Waals surface area contributed by atoms with E-state index >= 15 is 0 Å². The predicted octanol–water partition coefficient (Wildman–Crippen LogP) is 1.86. The number of hydrogen-bond donors (Lipinski definition) is 2. The fraction of sp³-hybridized carbons (Fsp3) is 0.500. The van der Waals surface area contributed by atoms with Crippen LogP contribution in [0.25, 0.3) is 0 Å². The highest BCUT2D eigenvalue weighted by atomic mass is 32.2. The molecule has 0 fully saturated rings. The highest BCUT2D eigenvalue weighted by Gasteiger charge is 2.02. The second-order valence-corrected chi connectivity index (χ2v) is 5.42. The van der Waals surface area contributed by atoms with Crippen LogP contribution in [0.1, 0.15) is 5.01 Å². The van der Waals surface area contributed by atoms with E-state index in [1.807, 2.05) is 5.38 Å². The first-order chi connectivity index (χ1) is 7.20. The van der Waals surface area contributed by atoms with Gasteiger partial charge in [0, 0.05) is 36.7 Å². The summed E-state index contributed by atoms with van der Waals surface area (Å²) in [6.45, 7) is 0.653. The summed E-state index contributed by atoms with van der Waals surface area (Å²) >= 11 is 7.28. The zero-order valence-electron chi connectivity index (χ0n) is 8.34. The molecule has 0 aromatic carbocycles. The van der Waals surface area contributed by atoms with Gasteiger partial charge in [0.25, 0.3) is 0 Å². The maximum atomic E-state index is 11.1. The molecule has 0 saturated heterocycles. The summed E-state index contributed by atoms with van der Waals surface area (Å²) in [5, 5.41) is 5.82. The molecule has 1 rings (SSSR count). The number of thiazole rings is 1. The normalized spacial score (nSPS) is 10.0. The molecule has 4 nitrogen and oxygen atoms in total. The van der Waals surface area contributed by atoms with Crippen molar-refractivity contribution >= 4 is 41.9 Å². The number of nitrogens with zero attached hydrogens (tertiary/aromatic N) is 2. The molecule has 0 radical (unpaired) electrons. The number of hydrogen-bond acceptors (Lipinski definition) is 5. The molecule has 0 spiro atoms. The molecule has 7 heteroatoms. The van der Waals surface area contributed by atoms with Crippen LogP contribution in [0.5, 0.6) is 0 Å². The highest BCUT2D eigenvalue weighted by Crippen LogP contribution is 2.13. The minimum atomic E-state index is -0.173. The number of carbonyl (C=O) groups is 1. The van der Waals surface area contributed by atoms with Crippen LogP contribution in [0.3, 0.4) is 0 Å². The first-order valence-corrected chi connectivity index (χ1v) is 6.80. The molecule has 0 bridgehead atoms. The van der Waals surface area contributed by atoms with Gasteiger partial charge in [0.1, 0.15) is 5.01 Å². The van der Waals surface area contributed by atoms with Crippen LogP contribution in [0.15, 0.2) is 11.6 Å². The number of urea groups is 1. The van der Waals surface area contributed by atoms with Crippen LogP contribution < -0.4 is 5.32 Å². The molecule has 1 aromatic heterocycles. The van der Waals surface area contributed by atoms with Gasteiger partial charge in [-0.15, -0.1) is 11.3 Å². The Bertz CT molecular complexity index is 289. The van der Waals surface area contributed by atoms with E-state index in [1.165, 1.54) is 4.31 Å². The minimum Gasteiger partial charge on any atom is -0.336 e. The van der Waals surface area contributed by atoms with Gasteiger partial charge >= 0.3 is 6.03 Å². The fourth-order valence-electron chi connectivity index (χ4n) is 0.828. The lowest BCUT2D eigenvalue weighted by atomic mass is 10.7. The molecule has 1 heterocycles. The summed E-state index contributed by atoms with van der Waals surface area (Å²) in [6, 6.07) is -0.173. The SMILES string of the molecule is CN(S)C(=O)NCCSCc1nccs1. The Balaban J connectivity index is 2.00. The Hall–Kier alpha value is -0.400. The van der Waals surface area contributed by atoms with E-state index in [4.69, 9.17) is 0 Å². The summed E-state index contributed by atoms with van der Waals surface area (Å²) in [5.41, 5.74) is 0. The van der Waals surface area contributed by atoms with Gasteiger partial charge in [-0.2, -0.15) is 11.8 Å².